The Labute approximate surface area is 302 Å². The summed E-state index contributed by atoms with van der Waals surface area (Å²) >= 11 is 0. The quantitative estimate of drug-likeness (QED) is 0.0936. The Morgan fingerprint density at radius 2 is 0.696 bits per heavy atom. The van der Waals surface area contributed by atoms with Crippen LogP contribution in [0, 0.1) is 87.3 Å². The molecule has 0 spiro atoms. The molecule has 5 aromatic rings. The monoisotopic (exact) mass is 798 g/mol. The summed E-state index contributed by atoms with van der Waals surface area (Å²) in [6.45, 7) is 0. The molecule has 1 unspecified atom stereocenters. The van der Waals surface area contributed by atoms with Crippen molar-refractivity contribution in [3.8, 4) is 0 Å². The van der Waals surface area contributed by atoms with E-state index in [2.05, 4.69) is 20.0 Å². The number of hydrogen-bond acceptors (Lipinski definition) is 2. The average Bonchev–Trinajstić information content (AvgIpc) is 4.04. The average molecular weight is 799 g/mol. The SMILES string of the molecule is Fc1c(F)c(F)c(/C(=C2\C=CC=N2)c2ccc(C(c3ccc(/C(=C4\C=CC=N4)c4c(F)c(F)c(F)c(F)c4F)[nH]3)c3c(F)c(F)c(F)c(F)c3F)[nH]2)c(F)c1F. The van der Waals surface area contributed by atoms with Gasteiger partial charge in [0.2, 0.25) is 17.5 Å². The molecule has 4 nitrogen and oxygen atoms in total. The van der Waals surface area contributed by atoms with Crippen LogP contribution in [0.3, 0.4) is 0 Å². The predicted molar refractivity (Wildman–Crippen MR) is 169 cm³/mol. The number of aliphatic imine (C=N–C) groups is 2. The van der Waals surface area contributed by atoms with Gasteiger partial charge in [0.15, 0.2) is 69.8 Å². The fraction of sp³-hybridized carbons (Fsp3) is 0.0270. The van der Waals surface area contributed by atoms with Crippen molar-refractivity contribution in [1.82, 2.24) is 9.97 Å². The van der Waals surface area contributed by atoms with Crippen LogP contribution < -0.4 is 0 Å². The zero-order valence-electron chi connectivity index (χ0n) is 26.9. The molecule has 0 amide bonds. The maximum absolute atomic E-state index is 15.6. The summed E-state index contributed by atoms with van der Waals surface area (Å²) in [6.07, 6.45) is 6.65. The first-order valence-electron chi connectivity index (χ1n) is 15.4. The molecule has 2 aliphatic rings. The molecule has 4 heterocycles. The first kappa shape index (κ1) is 37.8. The molecule has 56 heavy (non-hydrogen) atoms. The maximum atomic E-state index is 15.6. The smallest absolute Gasteiger partial charge is 0.200 e. The predicted octanol–water partition coefficient (Wildman–Crippen LogP) is 10.4. The Kier molecular flexibility index (Phi) is 9.41. The minimum absolute atomic E-state index is 0.430. The van der Waals surface area contributed by atoms with Crippen molar-refractivity contribution in [2.24, 2.45) is 9.98 Å². The van der Waals surface area contributed by atoms with Crippen LogP contribution in [0.25, 0.3) is 11.1 Å². The lowest BCUT2D eigenvalue weighted by atomic mass is 9.91. The minimum atomic E-state index is -2.59. The highest BCUT2D eigenvalue weighted by molar-refractivity contribution is 5.90. The van der Waals surface area contributed by atoms with Crippen LogP contribution in [0.5, 0.6) is 0 Å². The molecule has 7 rings (SSSR count). The van der Waals surface area contributed by atoms with E-state index in [-0.39, 0.29) is 0 Å². The van der Waals surface area contributed by atoms with Gasteiger partial charge in [0.1, 0.15) is 0 Å². The van der Waals surface area contributed by atoms with Crippen molar-refractivity contribution in [1.29, 1.82) is 0 Å². The van der Waals surface area contributed by atoms with Gasteiger partial charge >= 0.3 is 0 Å². The Balaban J connectivity index is 1.49. The summed E-state index contributed by atoms with van der Waals surface area (Å²) in [7, 11) is 0. The van der Waals surface area contributed by atoms with Gasteiger partial charge in [0, 0.05) is 51.9 Å². The zero-order chi connectivity index (χ0) is 40.5. The standard InChI is InChI=1S/C37H13F15N4/c38-23-20(24(39)30(45)35(50)29(23)44)17(11-3-1-9-53-11)13-5-7-15(55-13)19(22-27(42)33(48)37(52)34(49)28(22)43)16-8-6-14(56-16)18(12-4-2-10-54-12)21-25(40)31(46)36(51)32(47)26(21)41/h1-10,19,55-56H/b17-11-,18-12+. The molecule has 1 atom stereocenters. The van der Waals surface area contributed by atoms with Gasteiger partial charge in [-0.05, 0) is 48.6 Å². The second-order valence-corrected chi connectivity index (χ2v) is 11.8. The first-order valence-corrected chi connectivity index (χ1v) is 15.4. The topological polar surface area (TPSA) is 56.3 Å². The lowest BCUT2D eigenvalue weighted by Crippen LogP contribution is -2.15. The molecule has 0 bridgehead atoms. The van der Waals surface area contributed by atoms with E-state index in [0.717, 1.165) is 48.8 Å². The van der Waals surface area contributed by atoms with Crippen molar-refractivity contribution in [3.63, 3.8) is 0 Å². The van der Waals surface area contributed by atoms with Crippen LogP contribution in [0.4, 0.5) is 65.9 Å². The molecule has 0 aliphatic carbocycles. The van der Waals surface area contributed by atoms with Crippen molar-refractivity contribution < 1.29 is 65.9 Å². The number of aromatic nitrogens is 2. The van der Waals surface area contributed by atoms with E-state index < -0.39 is 155 Å². The molecule has 19 heteroatoms. The van der Waals surface area contributed by atoms with Crippen molar-refractivity contribution in [2.45, 2.75) is 5.92 Å². The van der Waals surface area contributed by atoms with Crippen molar-refractivity contribution >= 4 is 23.6 Å². The Morgan fingerprint density at radius 3 is 1.00 bits per heavy atom. The first-order chi connectivity index (χ1) is 26.6. The van der Waals surface area contributed by atoms with E-state index in [4.69, 9.17) is 0 Å². The van der Waals surface area contributed by atoms with Gasteiger partial charge in [-0.1, -0.05) is 0 Å². The zero-order valence-corrected chi connectivity index (χ0v) is 26.9. The maximum Gasteiger partial charge on any atom is 0.200 e. The van der Waals surface area contributed by atoms with Crippen LogP contribution in [0.2, 0.25) is 0 Å². The normalized spacial score (nSPS) is 15.8. The summed E-state index contributed by atoms with van der Waals surface area (Å²) in [6, 6.07) is 3.48. The summed E-state index contributed by atoms with van der Waals surface area (Å²) in [5.74, 6) is -38.5. The van der Waals surface area contributed by atoms with Gasteiger partial charge in [-0.15, -0.1) is 0 Å². The summed E-state index contributed by atoms with van der Waals surface area (Å²) in [5, 5.41) is 0. The molecule has 0 radical (unpaired) electrons. The lowest BCUT2D eigenvalue weighted by Gasteiger charge is -2.19. The number of hydrogen-bond donors (Lipinski definition) is 2. The third kappa shape index (κ3) is 5.75. The second kappa shape index (κ2) is 14.0. The van der Waals surface area contributed by atoms with Crippen LogP contribution in [-0.4, -0.2) is 22.4 Å². The van der Waals surface area contributed by atoms with Crippen LogP contribution >= 0.6 is 0 Å². The summed E-state index contributed by atoms with van der Waals surface area (Å²) in [4.78, 5) is 12.5. The van der Waals surface area contributed by atoms with E-state index in [1.54, 1.807) is 0 Å². The molecule has 3 aromatic carbocycles. The number of aromatic amines is 2. The molecule has 2 aromatic heterocycles. The Morgan fingerprint density at radius 1 is 0.393 bits per heavy atom. The third-order valence-corrected chi connectivity index (χ3v) is 8.65. The fourth-order valence-electron chi connectivity index (χ4n) is 6.15. The number of allylic oxidation sites excluding steroid dienone is 4. The minimum Gasteiger partial charge on any atom is -0.357 e. The van der Waals surface area contributed by atoms with E-state index in [0.29, 0.717) is 0 Å². The highest BCUT2D eigenvalue weighted by atomic mass is 19.2. The Bertz CT molecular complexity index is 2450. The van der Waals surface area contributed by atoms with Crippen LogP contribution in [0.1, 0.15) is 45.4 Å². The number of halogens is 15. The van der Waals surface area contributed by atoms with E-state index in [9.17, 15) is 39.5 Å². The molecule has 2 aliphatic heterocycles. The molecule has 0 saturated carbocycles. The molecular weight excluding hydrogens is 785 g/mol. The Hall–Kier alpha value is -6.53. The van der Waals surface area contributed by atoms with Gasteiger partial charge in [-0.2, -0.15) is 0 Å². The summed E-state index contributed by atoms with van der Waals surface area (Å²) < 4.78 is 221. The number of rotatable bonds is 7. The summed E-state index contributed by atoms with van der Waals surface area (Å²) in [5.41, 5.74) is -9.61. The van der Waals surface area contributed by atoms with Crippen LogP contribution in [-0.2, 0) is 0 Å². The highest BCUT2D eigenvalue weighted by Crippen LogP contribution is 2.42. The number of H-pyrrole nitrogens is 2. The molecule has 2 N–H and O–H groups in total. The molecule has 0 fully saturated rings. The number of benzene rings is 3. The number of nitrogens with one attached hydrogen (secondary N) is 2. The highest BCUT2D eigenvalue weighted by Gasteiger charge is 2.37. The number of nitrogens with zero attached hydrogens (tertiary/aromatic N) is 2. The van der Waals surface area contributed by atoms with Crippen molar-refractivity contribution in [3.05, 3.63) is 187 Å². The molecule has 0 saturated heterocycles. The van der Waals surface area contributed by atoms with E-state index >= 15 is 26.3 Å². The second-order valence-electron chi connectivity index (χ2n) is 11.8. The third-order valence-electron chi connectivity index (χ3n) is 8.65. The van der Waals surface area contributed by atoms with Crippen molar-refractivity contribution in [2.75, 3.05) is 0 Å². The van der Waals surface area contributed by atoms with E-state index in [1.165, 1.54) is 12.2 Å². The van der Waals surface area contributed by atoms with E-state index in [1.807, 2.05) is 0 Å². The lowest BCUT2D eigenvalue weighted by molar-refractivity contribution is 0.368. The largest absolute Gasteiger partial charge is 0.357 e. The van der Waals surface area contributed by atoms with Crippen LogP contribution in [0.15, 0.2) is 69.9 Å². The van der Waals surface area contributed by atoms with Gasteiger partial charge in [0.05, 0.1) is 28.4 Å². The molecule has 286 valence electrons. The van der Waals surface area contributed by atoms with Gasteiger partial charge < -0.3 is 9.97 Å². The van der Waals surface area contributed by atoms with Gasteiger partial charge in [-0.3, -0.25) is 9.98 Å². The molecular formula is C37H13F15N4. The van der Waals surface area contributed by atoms with Gasteiger partial charge in [-0.25, -0.2) is 65.9 Å². The van der Waals surface area contributed by atoms with Gasteiger partial charge in [0.25, 0.3) is 0 Å². The fourth-order valence-corrected chi connectivity index (χ4v) is 6.15.